The zero-order valence-corrected chi connectivity index (χ0v) is 15.0. The fourth-order valence-corrected chi connectivity index (χ4v) is 4.27. The predicted octanol–water partition coefficient (Wildman–Crippen LogP) is 4.84. The number of anilines is 2. The van der Waals surface area contributed by atoms with Crippen LogP contribution in [0.15, 0.2) is 59.2 Å². The number of aromatic nitrogens is 3. The van der Waals surface area contributed by atoms with Gasteiger partial charge in [0.15, 0.2) is 4.34 Å². The van der Waals surface area contributed by atoms with Crippen molar-refractivity contribution < 1.29 is 4.39 Å². The van der Waals surface area contributed by atoms with Gasteiger partial charge in [-0.3, -0.25) is 0 Å². The molecule has 0 fully saturated rings. The molecule has 0 spiro atoms. The first-order chi connectivity index (χ1) is 12.7. The normalized spacial score (nSPS) is 10.8. The number of fused-ring (bicyclic) bond motifs is 1. The minimum Gasteiger partial charge on any atom is -0.330 e. The Morgan fingerprint density at radius 3 is 2.85 bits per heavy atom. The molecule has 1 N–H and O–H groups in total. The highest BCUT2D eigenvalue weighted by molar-refractivity contribution is 8.00. The van der Waals surface area contributed by atoms with Crippen LogP contribution in [0.2, 0.25) is 0 Å². The second kappa shape index (κ2) is 7.15. The van der Waals surface area contributed by atoms with Crippen LogP contribution >= 0.6 is 23.1 Å². The Hall–Kier alpha value is -2.89. The van der Waals surface area contributed by atoms with Crippen molar-refractivity contribution in [2.24, 2.45) is 0 Å². The van der Waals surface area contributed by atoms with Gasteiger partial charge in [-0.05, 0) is 42.0 Å². The smallest absolute Gasteiger partial charge is 0.210 e. The molecule has 0 unspecified atom stereocenters. The molecule has 3 aromatic heterocycles. The molecule has 0 radical (unpaired) electrons. The summed E-state index contributed by atoms with van der Waals surface area (Å²) >= 11 is 2.95. The van der Waals surface area contributed by atoms with E-state index in [9.17, 15) is 9.65 Å². The topological polar surface area (TPSA) is 66.0 Å². The number of hydrogen-bond donors (Lipinski definition) is 1. The Kier molecular flexibility index (Phi) is 4.56. The Morgan fingerprint density at radius 2 is 2.04 bits per heavy atom. The molecular weight excluding hydrogens is 369 g/mol. The molecule has 0 atom stereocenters. The molecule has 26 heavy (non-hydrogen) atoms. The van der Waals surface area contributed by atoms with Crippen molar-refractivity contribution in [2.45, 2.75) is 10.1 Å². The minimum absolute atomic E-state index is 0.280. The number of nitrogens with zero attached hydrogens (tertiary/aromatic N) is 4. The molecule has 0 saturated carbocycles. The fourth-order valence-electron chi connectivity index (χ4n) is 2.53. The molecule has 0 aliphatic rings. The highest BCUT2D eigenvalue weighted by atomic mass is 32.2. The van der Waals surface area contributed by atoms with Gasteiger partial charge in [-0.25, -0.2) is 4.39 Å². The first kappa shape index (κ1) is 16.6. The van der Waals surface area contributed by atoms with Gasteiger partial charge in [-0.15, -0.1) is 10.2 Å². The summed E-state index contributed by atoms with van der Waals surface area (Å²) in [5.74, 6) is 0.354. The van der Waals surface area contributed by atoms with Crippen LogP contribution < -0.4 is 5.32 Å². The number of pyridine rings is 1. The van der Waals surface area contributed by atoms with Crippen molar-refractivity contribution in [1.29, 1.82) is 5.26 Å². The molecule has 5 nitrogen and oxygen atoms in total. The van der Waals surface area contributed by atoms with E-state index in [1.807, 2.05) is 35.0 Å². The number of halogens is 1. The monoisotopic (exact) mass is 381 g/mol. The van der Waals surface area contributed by atoms with E-state index < -0.39 is 0 Å². The maximum absolute atomic E-state index is 12.9. The second-order valence-corrected chi connectivity index (χ2v) is 7.63. The number of nitriles is 1. The van der Waals surface area contributed by atoms with Crippen molar-refractivity contribution in [2.75, 3.05) is 5.32 Å². The van der Waals surface area contributed by atoms with Gasteiger partial charge in [0.2, 0.25) is 5.13 Å². The van der Waals surface area contributed by atoms with Gasteiger partial charge in [0.1, 0.15) is 11.9 Å². The molecular formula is C18H12FN5S2. The Balaban J connectivity index is 1.47. The third-order valence-corrected chi connectivity index (χ3v) is 5.75. The molecule has 128 valence electrons. The number of hydrogen-bond acceptors (Lipinski definition) is 6. The molecule has 8 heteroatoms. The summed E-state index contributed by atoms with van der Waals surface area (Å²) in [5, 5.41) is 21.5. The van der Waals surface area contributed by atoms with Crippen LogP contribution in [-0.2, 0) is 5.75 Å². The van der Waals surface area contributed by atoms with E-state index in [0.29, 0.717) is 16.4 Å². The Morgan fingerprint density at radius 1 is 1.19 bits per heavy atom. The van der Waals surface area contributed by atoms with Crippen LogP contribution in [0.1, 0.15) is 11.1 Å². The standard InChI is InChI=1S/C18H12FN5S2/c19-13-4-6-14(7-5-13)21-17-22-23-18(26-17)25-11-12-10-24-8-2-1-3-16(24)15(12)9-20/h1-8,10H,11H2,(H,21,22). The number of benzene rings is 1. The van der Waals surface area contributed by atoms with Crippen LogP contribution in [0.25, 0.3) is 5.52 Å². The summed E-state index contributed by atoms with van der Waals surface area (Å²) in [6, 6.07) is 14.2. The second-order valence-electron chi connectivity index (χ2n) is 5.43. The van der Waals surface area contributed by atoms with E-state index in [0.717, 1.165) is 21.1 Å². The summed E-state index contributed by atoms with van der Waals surface area (Å²) in [6.45, 7) is 0. The molecule has 0 aliphatic heterocycles. The summed E-state index contributed by atoms with van der Waals surface area (Å²) in [6.07, 6.45) is 3.90. The Labute approximate surface area is 157 Å². The highest BCUT2D eigenvalue weighted by Crippen LogP contribution is 2.31. The lowest BCUT2D eigenvalue weighted by Gasteiger charge is -2.00. The van der Waals surface area contributed by atoms with Crippen LogP contribution in [0.3, 0.4) is 0 Å². The van der Waals surface area contributed by atoms with Crippen LogP contribution in [0.4, 0.5) is 15.2 Å². The van der Waals surface area contributed by atoms with Crippen molar-refractivity contribution in [3.63, 3.8) is 0 Å². The lowest BCUT2D eigenvalue weighted by atomic mass is 10.2. The van der Waals surface area contributed by atoms with Crippen molar-refractivity contribution >= 4 is 39.4 Å². The van der Waals surface area contributed by atoms with E-state index >= 15 is 0 Å². The third kappa shape index (κ3) is 3.40. The zero-order chi connectivity index (χ0) is 17.9. The molecule has 4 rings (SSSR count). The predicted molar refractivity (Wildman–Crippen MR) is 101 cm³/mol. The average Bonchev–Trinajstić information content (AvgIpc) is 3.25. The number of rotatable bonds is 5. The van der Waals surface area contributed by atoms with Gasteiger partial charge in [-0.1, -0.05) is 29.2 Å². The van der Waals surface area contributed by atoms with Gasteiger partial charge in [0.25, 0.3) is 0 Å². The van der Waals surface area contributed by atoms with Crippen LogP contribution in [0, 0.1) is 17.1 Å². The van der Waals surface area contributed by atoms with E-state index in [-0.39, 0.29) is 5.82 Å². The lowest BCUT2D eigenvalue weighted by Crippen LogP contribution is -1.89. The van der Waals surface area contributed by atoms with Gasteiger partial charge in [0, 0.05) is 23.8 Å². The highest BCUT2D eigenvalue weighted by Gasteiger charge is 2.12. The van der Waals surface area contributed by atoms with Crippen LogP contribution in [-0.4, -0.2) is 14.6 Å². The summed E-state index contributed by atoms with van der Waals surface area (Å²) in [7, 11) is 0. The minimum atomic E-state index is -0.280. The summed E-state index contributed by atoms with van der Waals surface area (Å²) < 4.78 is 15.7. The SMILES string of the molecule is N#Cc1c(CSc2nnc(Nc3ccc(F)cc3)s2)cn2ccccc12. The molecule has 1 aromatic carbocycles. The van der Waals surface area contributed by atoms with Crippen molar-refractivity contribution in [3.8, 4) is 6.07 Å². The first-order valence-corrected chi connectivity index (χ1v) is 9.51. The van der Waals surface area contributed by atoms with E-state index in [2.05, 4.69) is 21.6 Å². The van der Waals surface area contributed by atoms with Gasteiger partial charge in [-0.2, -0.15) is 5.26 Å². The molecule has 0 bridgehead atoms. The Bertz CT molecular complexity index is 1090. The summed E-state index contributed by atoms with van der Waals surface area (Å²) in [5.41, 5.74) is 3.31. The number of nitrogens with one attached hydrogen (secondary N) is 1. The molecule has 0 aliphatic carbocycles. The fraction of sp³-hybridized carbons (Fsp3) is 0.0556. The zero-order valence-electron chi connectivity index (χ0n) is 13.4. The van der Waals surface area contributed by atoms with Crippen molar-refractivity contribution in [3.05, 3.63) is 71.8 Å². The third-order valence-electron chi connectivity index (χ3n) is 3.73. The maximum atomic E-state index is 12.9. The van der Waals surface area contributed by atoms with Crippen LogP contribution in [0.5, 0.6) is 0 Å². The van der Waals surface area contributed by atoms with Gasteiger partial charge >= 0.3 is 0 Å². The van der Waals surface area contributed by atoms with E-state index in [4.69, 9.17) is 0 Å². The van der Waals surface area contributed by atoms with Gasteiger partial charge in [0.05, 0.1) is 11.1 Å². The van der Waals surface area contributed by atoms with E-state index in [1.165, 1.54) is 35.2 Å². The summed E-state index contributed by atoms with van der Waals surface area (Å²) in [4.78, 5) is 0. The molecule has 0 amide bonds. The molecule has 4 aromatic rings. The molecule has 0 saturated heterocycles. The van der Waals surface area contributed by atoms with Gasteiger partial charge < -0.3 is 9.72 Å². The molecule has 3 heterocycles. The first-order valence-electron chi connectivity index (χ1n) is 7.70. The average molecular weight is 381 g/mol. The lowest BCUT2D eigenvalue weighted by molar-refractivity contribution is 0.628. The largest absolute Gasteiger partial charge is 0.330 e. The van der Waals surface area contributed by atoms with Crippen molar-refractivity contribution in [1.82, 2.24) is 14.6 Å². The number of thioether (sulfide) groups is 1. The van der Waals surface area contributed by atoms with E-state index in [1.54, 1.807) is 12.1 Å². The maximum Gasteiger partial charge on any atom is 0.210 e. The quantitative estimate of drug-likeness (QED) is 0.501.